The summed E-state index contributed by atoms with van der Waals surface area (Å²) in [6.45, 7) is 0.432. The van der Waals surface area contributed by atoms with E-state index in [1.807, 2.05) is 31.3 Å². The number of methoxy groups -OCH3 is 1. The van der Waals surface area contributed by atoms with Gasteiger partial charge < -0.3 is 10.1 Å². The molecule has 0 aliphatic carbocycles. The number of anilines is 1. The summed E-state index contributed by atoms with van der Waals surface area (Å²) in [7, 11) is 3.47. The van der Waals surface area contributed by atoms with E-state index in [4.69, 9.17) is 16.3 Å². The second-order valence-electron chi connectivity index (χ2n) is 4.15. The van der Waals surface area contributed by atoms with Crippen molar-refractivity contribution >= 4 is 45.1 Å². The van der Waals surface area contributed by atoms with Gasteiger partial charge in [0.15, 0.2) is 0 Å². The Morgan fingerprint density at radius 2 is 2.10 bits per heavy atom. The lowest BCUT2D eigenvalue weighted by Gasteiger charge is -2.11. The van der Waals surface area contributed by atoms with Gasteiger partial charge in [0.1, 0.15) is 11.6 Å². The summed E-state index contributed by atoms with van der Waals surface area (Å²) in [4.78, 5) is 10.0. The third kappa shape index (κ3) is 4.32. The largest absolute Gasteiger partial charge is 0.378 e. The molecule has 1 N–H and O–H groups in total. The van der Waals surface area contributed by atoms with Crippen molar-refractivity contribution in [1.29, 1.82) is 0 Å². The summed E-state index contributed by atoms with van der Waals surface area (Å²) in [6, 6.07) is 7.74. The highest BCUT2D eigenvalue weighted by Gasteiger charge is 2.12. The molecule has 112 valence electrons. The summed E-state index contributed by atoms with van der Waals surface area (Å²) >= 11 is 11.3. The third-order valence-electron chi connectivity index (χ3n) is 2.68. The van der Waals surface area contributed by atoms with Gasteiger partial charge in [0.2, 0.25) is 0 Å². The van der Waals surface area contributed by atoms with Crippen LogP contribution in [0.25, 0.3) is 0 Å². The average molecular weight is 389 g/mol. The third-order valence-corrected chi connectivity index (χ3v) is 5.02. The second-order valence-corrected chi connectivity index (χ2v) is 6.37. The molecular formula is C14H15BrClN3OS. The van der Waals surface area contributed by atoms with E-state index in [1.165, 1.54) is 0 Å². The maximum absolute atomic E-state index is 6.15. The fourth-order valence-electron chi connectivity index (χ4n) is 1.71. The molecule has 2 aromatic rings. The quantitative estimate of drug-likeness (QED) is 0.744. The molecule has 1 aromatic carbocycles. The van der Waals surface area contributed by atoms with Gasteiger partial charge in [-0.2, -0.15) is 0 Å². The van der Waals surface area contributed by atoms with Crippen LogP contribution in [-0.4, -0.2) is 24.1 Å². The minimum absolute atomic E-state index is 0.432. The van der Waals surface area contributed by atoms with Crippen LogP contribution < -0.4 is 5.32 Å². The van der Waals surface area contributed by atoms with Crippen molar-refractivity contribution in [3.8, 4) is 0 Å². The Balaban J connectivity index is 2.20. The summed E-state index contributed by atoms with van der Waals surface area (Å²) in [5.74, 6) is 2.13. The van der Waals surface area contributed by atoms with Crippen LogP contribution in [0.2, 0.25) is 5.02 Å². The number of nitrogens with one attached hydrogen (secondary N) is 1. The lowest BCUT2D eigenvalue weighted by Crippen LogP contribution is -2.06. The van der Waals surface area contributed by atoms with Crippen molar-refractivity contribution in [2.24, 2.45) is 0 Å². The Labute approximate surface area is 141 Å². The van der Waals surface area contributed by atoms with Crippen LogP contribution in [0.4, 0.5) is 5.82 Å². The van der Waals surface area contributed by atoms with Gasteiger partial charge in [0.25, 0.3) is 0 Å². The topological polar surface area (TPSA) is 47.0 Å². The molecule has 0 bridgehead atoms. The lowest BCUT2D eigenvalue weighted by molar-refractivity contribution is 0.180. The van der Waals surface area contributed by atoms with E-state index in [9.17, 15) is 0 Å². The van der Waals surface area contributed by atoms with E-state index in [2.05, 4.69) is 31.2 Å². The molecule has 7 heteroatoms. The lowest BCUT2D eigenvalue weighted by atomic mass is 10.4. The second kappa shape index (κ2) is 7.98. The molecule has 0 spiro atoms. The molecule has 0 fully saturated rings. The van der Waals surface area contributed by atoms with Gasteiger partial charge in [-0.25, -0.2) is 9.97 Å². The number of benzene rings is 1. The molecule has 0 aliphatic rings. The minimum Gasteiger partial charge on any atom is -0.378 e. The maximum atomic E-state index is 6.15. The van der Waals surface area contributed by atoms with Crippen molar-refractivity contribution in [1.82, 2.24) is 9.97 Å². The smallest absolute Gasteiger partial charge is 0.144 e. The van der Waals surface area contributed by atoms with Gasteiger partial charge in [-0.3, -0.25) is 0 Å². The van der Waals surface area contributed by atoms with E-state index in [0.29, 0.717) is 12.4 Å². The Morgan fingerprint density at radius 1 is 1.33 bits per heavy atom. The fourth-order valence-corrected chi connectivity index (χ4v) is 3.30. The van der Waals surface area contributed by atoms with E-state index in [-0.39, 0.29) is 0 Å². The van der Waals surface area contributed by atoms with Crippen LogP contribution >= 0.6 is 39.3 Å². The first kappa shape index (κ1) is 16.5. The molecule has 4 nitrogen and oxygen atoms in total. The number of halogens is 2. The fraction of sp³-hybridized carbons (Fsp3) is 0.286. The molecule has 1 aromatic heterocycles. The standard InChI is InChI=1S/C14H15BrClN3OS/c1-17-14-13(15)10(7-20-2)18-12(19-14)8-21-11-6-4-3-5-9(11)16/h3-6H,7-8H2,1-2H3,(H,17,18,19). The van der Waals surface area contributed by atoms with Gasteiger partial charge >= 0.3 is 0 Å². The van der Waals surface area contributed by atoms with Gasteiger partial charge in [-0.05, 0) is 28.1 Å². The first-order valence-electron chi connectivity index (χ1n) is 6.25. The number of aromatic nitrogens is 2. The molecule has 0 saturated carbocycles. The Morgan fingerprint density at radius 3 is 2.76 bits per heavy atom. The highest BCUT2D eigenvalue weighted by molar-refractivity contribution is 9.10. The molecule has 1 heterocycles. The van der Waals surface area contributed by atoms with E-state index < -0.39 is 0 Å². The van der Waals surface area contributed by atoms with Crippen molar-refractivity contribution in [2.75, 3.05) is 19.5 Å². The van der Waals surface area contributed by atoms with Gasteiger partial charge in [-0.15, -0.1) is 11.8 Å². The molecule has 0 saturated heterocycles. The molecular weight excluding hydrogens is 374 g/mol. The van der Waals surface area contributed by atoms with Gasteiger partial charge in [-0.1, -0.05) is 23.7 Å². The summed E-state index contributed by atoms with van der Waals surface area (Å²) < 4.78 is 6.00. The van der Waals surface area contributed by atoms with Crippen LogP contribution in [0, 0.1) is 0 Å². The van der Waals surface area contributed by atoms with Gasteiger partial charge in [0.05, 0.1) is 27.5 Å². The molecule has 0 radical (unpaired) electrons. The van der Waals surface area contributed by atoms with Crippen molar-refractivity contribution in [3.63, 3.8) is 0 Å². The normalized spacial score (nSPS) is 10.7. The Bertz CT molecular complexity index is 627. The molecule has 0 atom stereocenters. The number of nitrogens with zero attached hydrogens (tertiary/aromatic N) is 2. The predicted molar refractivity (Wildman–Crippen MR) is 91.0 cm³/mol. The van der Waals surface area contributed by atoms with E-state index in [1.54, 1.807) is 18.9 Å². The predicted octanol–water partition coefficient (Wildman–Crippen LogP) is 4.37. The molecule has 0 aliphatic heterocycles. The summed E-state index contributed by atoms with van der Waals surface area (Å²) in [5.41, 5.74) is 0.826. The maximum Gasteiger partial charge on any atom is 0.144 e. The number of rotatable bonds is 6. The SMILES string of the molecule is CNc1nc(CSc2ccccc2Cl)nc(COC)c1Br. The summed E-state index contributed by atoms with van der Waals surface area (Å²) in [5, 5.41) is 3.80. The zero-order chi connectivity index (χ0) is 15.2. The zero-order valence-corrected chi connectivity index (χ0v) is 14.8. The van der Waals surface area contributed by atoms with E-state index >= 15 is 0 Å². The van der Waals surface area contributed by atoms with Crippen LogP contribution in [0.3, 0.4) is 0 Å². The molecule has 2 rings (SSSR count). The number of thioether (sulfide) groups is 1. The highest BCUT2D eigenvalue weighted by atomic mass is 79.9. The number of hydrogen-bond donors (Lipinski definition) is 1. The summed E-state index contributed by atoms with van der Waals surface area (Å²) in [6.07, 6.45) is 0. The Hall–Kier alpha value is -0.820. The average Bonchev–Trinajstić information content (AvgIpc) is 2.49. The van der Waals surface area contributed by atoms with Crippen LogP contribution in [0.15, 0.2) is 33.6 Å². The van der Waals surface area contributed by atoms with Crippen LogP contribution in [-0.2, 0) is 17.1 Å². The number of hydrogen-bond acceptors (Lipinski definition) is 5. The first-order chi connectivity index (χ1) is 10.2. The van der Waals surface area contributed by atoms with E-state index in [0.717, 1.165) is 31.7 Å². The van der Waals surface area contributed by atoms with Crippen molar-refractivity contribution < 1.29 is 4.74 Å². The van der Waals surface area contributed by atoms with Gasteiger partial charge in [0, 0.05) is 19.1 Å². The number of ether oxygens (including phenoxy) is 1. The minimum atomic E-state index is 0.432. The van der Waals surface area contributed by atoms with Crippen molar-refractivity contribution in [2.45, 2.75) is 17.3 Å². The van der Waals surface area contributed by atoms with Crippen LogP contribution in [0.1, 0.15) is 11.5 Å². The van der Waals surface area contributed by atoms with Crippen LogP contribution in [0.5, 0.6) is 0 Å². The van der Waals surface area contributed by atoms with Crippen molar-refractivity contribution in [3.05, 3.63) is 45.3 Å². The molecule has 0 amide bonds. The first-order valence-corrected chi connectivity index (χ1v) is 8.40. The monoisotopic (exact) mass is 387 g/mol. The molecule has 0 unspecified atom stereocenters. The molecule has 21 heavy (non-hydrogen) atoms. The Kier molecular flexibility index (Phi) is 6.29. The zero-order valence-electron chi connectivity index (χ0n) is 11.7. The highest BCUT2D eigenvalue weighted by Crippen LogP contribution is 2.30.